The van der Waals surface area contributed by atoms with Gasteiger partial charge >= 0.3 is 0 Å². The molecular weight excluding hydrogens is 218 g/mol. The maximum absolute atomic E-state index is 12.0. The van der Waals surface area contributed by atoms with Crippen LogP contribution in [-0.2, 0) is 4.79 Å². The number of anilines is 1. The van der Waals surface area contributed by atoms with Crippen molar-refractivity contribution in [3.8, 4) is 0 Å². The van der Waals surface area contributed by atoms with Gasteiger partial charge in [0, 0.05) is 6.07 Å². The lowest BCUT2D eigenvalue weighted by Gasteiger charge is -2.31. The van der Waals surface area contributed by atoms with E-state index in [-0.39, 0.29) is 11.9 Å². The first-order chi connectivity index (χ1) is 8.16. The number of hydrogen-bond donors (Lipinski definition) is 1. The van der Waals surface area contributed by atoms with E-state index >= 15 is 0 Å². The molecule has 2 heterocycles. The molecule has 1 aliphatic heterocycles. The molecule has 1 N–H and O–H groups in total. The van der Waals surface area contributed by atoms with Gasteiger partial charge in [-0.15, -0.1) is 0 Å². The fourth-order valence-electron chi connectivity index (χ4n) is 2.12. The minimum absolute atomic E-state index is 0.0250. The topological polar surface area (TPSA) is 58.4 Å². The van der Waals surface area contributed by atoms with Gasteiger partial charge < -0.3 is 4.52 Å². The molecule has 1 aromatic rings. The summed E-state index contributed by atoms with van der Waals surface area (Å²) in [5, 5.41) is 6.49. The van der Waals surface area contributed by atoms with E-state index < -0.39 is 0 Å². The molecule has 0 bridgehead atoms. The average Bonchev–Trinajstić information content (AvgIpc) is 2.75. The van der Waals surface area contributed by atoms with Crippen LogP contribution in [0, 0.1) is 6.92 Å². The number of likely N-dealkylation sites (tertiary alicyclic amines) is 1. The number of aromatic nitrogens is 1. The summed E-state index contributed by atoms with van der Waals surface area (Å²) in [5.41, 5.74) is 0.769. The van der Waals surface area contributed by atoms with Crippen molar-refractivity contribution in [2.45, 2.75) is 39.2 Å². The van der Waals surface area contributed by atoms with Crippen LogP contribution in [0.1, 0.15) is 31.9 Å². The van der Waals surface area contributed by atoms with Gasteiger partial charge in [-0.2, -0.15) is 0 Å². The first kappa shape index (κ1) is 12.1. The van der Waals surface area contributed by atoms with E-state index in [1.54, 1.807) is 6.07 Å². The Bertz CT molecular complexity index is 383. The maximum atomic E-state index is 12.0. The standard InChI is InChI=1S/C12H19N3O2/c1-9-8-11(17-14-9)13-12(16)10(2)15-6-4-3-5-7-15/h8,10H,3-7H2,1-2H3,(H,13,16). The SMILES string of the molecule is Cc1cc(NC(=O)C(C)N2CCCCC2)on1. The smallest absolute Gasteiger partial charge is 0.243 e. The third-order valence-corrected chi connectivity index (χ3v) is 3.19. The van der Waals surface area contributed by atoms with E-state index in [2.05, 4.69) is 15.4 Å². The second-order valence-electron chi connectivity index (χ2n) is 4.59. The molecule has 1 unspecified atom stereocenters. The first-order valence-electron chi connectivity index (χ1n) is 6.15. The molecular formula is C12H19N3O2. The number of carbonyl (C=O) groups excluding carboxylic acids is 1. The monoisotopic (exact) mass is 237 g/mol. The highest BCUT2D eigenvalue weighted by Crippen LogP contribution is 2.14. The Morgan fingerprint density at radius 2 is 2.18 bits per heavy atom. The van der Waals surface area contributed by atoms with Gasteiger partial charge in [0.15, 0.2) is 0 Å². The number of amides is 1. The molecule has 1 aromatic heterocycles. The molecule has 17 heavy (non-hydrogen) atoms. The van der Waals surface area contributed by atoms with Crippen molar-refractivity contribution in [2.24, 2.45) is 0 Å². The number of nitrogens with one attached hydrogen (secondary N) is 1. The fraction of sp³-hybridized carbons (Fsp3) is 0.667. The van der Waals surface area contributed by atoms with Crippen LogP contribution in [-0.4, -0.2) is 35.1 Å². The molecule has 94 valence electrons. The third-order valence-electron chi connectivity index (χ3n) is 3.19. The van der Waals surface area contributed by atoms with E-state index in [4.69, 9.17) is 4.52 Å². The highest BCUT2D eigenvalue weighted by Gasteiger charge is 2.23. The lowest BCUT2D eigenvalue weighted by molar-refractivity contribution is -0.121. The predicted octanol–water partition coefficient (Wildman–Crippen LogP) is 1.80. The number of aryl methyl sites for hydroxylation is 1. The molecule has 5 heteroatoms. The zero-order valence-corrected chi connectivity index (χ0v) is 10.4. The van der Waals surface area contributed by atoms with Crippen LogP contribution in [0.25, 0.3) is 0 Å². The molecule has 0 aliphatic carbocycles. The molecule has 1 saturated heterocycles. The summed E-state index contributed by atoms with van der Waals surface area (Å²) in [6, 6.07) is 1.61. The number of piperidine rings is 1. The highest BCUT2D eigenvalue weighted by molar-refractivity contribution is 5.93. The van der Waals surface area contributed by atoms with Gasteiger partial charge in [0.05, 0.1) is 11.7 Å². The van der Waals surface area contributed by atoms with Crippen molar-refractivity contribution in [3.63, 3.8) is 0 Å². The van der Waals surface area contributed by atoms with Crippen LogP contribution < -0.4 is 5.32 Å². The van der Waals surface area contributed by atoms with Crippen LogP contribution in [0.2, 0.25) is 0 Å². The third kappa shape index (κ3) is 3.06. The van der Waals surface area contributed by atoms with E-state index in [1.165, 1.54) is 19.3 Å². The zero-order chi connectivity index (χ0) is 12.3. The van der Waals surface area contributed by atoms with Crippen LogP contribution in [0.15, 0.2) is 10.6 Å². The Hall–Kier alpha value is -1.36. The summed E-state index contributed by atoms with van der Waals surface area (Å²) in [4.78, 5) is 14.2. The lowest BCUT2D eigenvalue weighted by atomic mass is 10.1. The van der Waals surface area contributed by atoms with Crippen LogP contribution in [0.5, 0.6) is 0 Å². The molecule has 1 amide bonds. The van der Waals surface area contributed by atoms with Gasteiger partial charge in [-0.05, 0) is 39.8 Å². The van der Waals surface area contributed by atoms with Crippen LogP contribution >= 0.6 is 0 Å². The summed E-state index contributed by atoms with van der Waals surface area (Å²) in [6.07, 6.45) is 3.63. The number of carbonyl (C=O) groups is 1. The average molecular weight is 237 g/mol. The second-order valence-corrected chi connectivity index (χ2v) is 4.59. The predicted molar refractivity (Wildman–Crippen MR) is 64.8 cm³/mol. The Balaban J connectivity index is 1.90. The van der Waals surface area contributed by atoms with Gasteiger partial charge in [0.1, 0.15) is 0 Å². The summed E-state index contributed by atoms with van der Waals surface area (Å²) < 4.78 is 4.97. The zero-order valence-electron chi connectivity index (χ0n) is 10.4. The Labute approximate surface area is 101 Å². The summed E-state index contributed by atoms with van der Waals surface area (Å²) in [7, 11) is 0. The molecule has 0 spiro atoms. The van der Waals surface area contributed by atoms with Crippen molar-refractivity contribution in [2.75, 3.05) is 18.4 Å². The Kier molecular flexibility index (Phi) is 3.78. The van der Waals surface area contributed by atoms with Gasteiger partial charge in [-0.25, -0.2) is 0 Å². The van der Waals surface area contributed by atoms with E-state index in [0.29, 0.717) is 5.88 Å². The van der Waals surface area contributed by atoms with Gasteiger partial charge in [-0.1, -0.05) is 11.6 Å². The van der Waals surface area contributed by atoms with E-state index in [1.807, 2.05) is 13.8 Å². The Morgan fingerprint density at radius 3 is 2.76 bits per heavy atom. The number of rotatable bonds is 3. The van der Waals surface area contributed by atoms with Crippen molar-refractivity contribution in [1.29, 1.82) is 0 Å². The normalized spacial score (nSPS) is 18.9. The number of nitrogens with zero attached hydrogens (tertiary/aromatic N) is 2. The minimum atomic E-state index is -0.110. The summed E-state index contributed by atoms with van der Waals surface area (Å²) in [5.74, 6) is 0.402. The molecule has 0 radical (unpaired) electrons. The molecule has 1 aliphatic rings. The van der Waals surface area contributed by atoms with Crippen molar-refractivity contribution in [3.05, 3.63) is 11.8 Å². The molecule has 0 saturated carbocycles. The quantitative estimate of drug-likeness (QED) is 0.870. The first-order valence-corrected chi connectivity index (χ1v) is 6.15. The molecule has 5 nitrogen and oxygen atoms in total. The van der Waals surface area contributed by atoms with Crippen LogP contribution in [0.4, 0.5) is 5.88 Å². The van der Waals surface area contributed by atoms with Crippen molar-refractivity contribution >= 4 is 11.8 Å². The van der Waals surface area contributed by atoms with E-state index in [9.17, 15) is 4.79 Å². The molecule has 0 aromatic carbocycles. The van der Waals surface area contributed by atoms with Crippen molar-refractivity contribution in [1.82, 2.24) is 10.1 Å². The van der Waals surface area contributed by atoms with Crippen molar-refractivity contribution < 1.29 is 9.32 Å². The minimum Gasteiger partial charge on any atom is -0.338 e. The largest absolute Gasteiger partial charge is 0.338 e. The lowest BCUT2D eigenvalue weighted by Crippen LogP contribution is -2.44. The van der Waals surface area contributed by atoms with Gasteiger partial charge in [0.2, 0.25) is 11.8 Å². The Morgan fingerprint density at radius 1 is 1.47 bits per heavy atom. The number of hydrogen-bond acceptors (Lipinski definition) is 4. The van der Waals surface area contributed by atoms with E-state index in [0.717, 1.165) is 18.8 Å². The summed E-state index contributed by atoms with van der Waals surface area (Å²) >= 11 is 0. The molecule has 2 rings (SSSR count). The maximum Gasteiger partial charge on any atom is 0.243 e. The van der Waals surface area contributed by atoms with Gasteiger partial charge in [-0.3, -0.25) is 15.0 Å². The highest BCUT2D eigenvalue weighted by atomic mass is 16.5. The molecule has 1 atom stereocenters. The summed E-state index contributed by atoms with van der Waals surface area (Å²) in [6.45, 7) is 5.77. The fourth-order valence-corrected chi connectivity index (χ4v) is 2.12. The second kappa shape index (κ2) is 5.31. The molecule has 1 fully saturated rings. The van der Waals surface area contributed by atoms with Crippen LogP contribution in [0.3, 0.4) is 0 Å². The van der Waals surface area contributed by atoms with Gasteiger partial charge in [0.25, 0.3) is 0 Å².